The third-order valence-electron chi connectivity index (χ3n) is 2.94. The molecule has 1 atom stereocenters. The number of aliphatic hydroxyl groups excluding tert-OH is 1. The lowest BCUT2D eigenvalue weighted by molar-refractivity contribution is 0.276. The van der Waals surface area contributed by atoms with Gasteiger partial charge in [0.05, 0.1) is 18.8 Å². The monoisotopic (exact) mass is 323 g/mol. The van der Waals surface area contributed by atoms with Gasteiger partial charge in [-0.15, -0.1) is 0 Å². The largest absolute Gasteiger partial charge is 0.394 e. The van der Waals surface area contributed by atoms with Gasteiger partial charge >= 0.3 is 0 Å². The van der Waals surface area contributed by atoms with Crippen LogP contribution in [-0.2, 0) is 0 Å². The Morgan fingerprint density at radius 3 is 2.68 bits per heavy atom. The van der Waals surface area contributed by atoms with Crippen LogP contribution in [0.15, 0.2) is 41.1 Å². The second-order valence-electron chi connectivity index (χ2n) is 4.71. The van der Waals surface area contributed by atoms with Gasteiger partial charge in [0.1, 0.15) is 0 Å². The van der Waals surface area contributed by atoms with Crippen LogP contribution in [0.2, 0.25) is 0 Å². The third kappa shape index (κ3) is 3.36. The van der Waals surface area contributed by atoms with Gasteiger partial charge in [-0.3, -0.25) is 4.68 Å². The molecule has 0 aliphatic rings. The second kappa shape index (κ2) is 6.21. The van der Waals surface area contributed by atoms with Crippen LogP contribution >= 0.6 is 15.9 Å². The molecule has 19 heavy (non-hydrogen) atoms. The van der Waals surface area contributed by atoms with Crippen LogP contribution in [0.3, 0.4) is 0 Å². The lowest BCUT2D eigenvalue weighted by Gasteiger charge is -2.17. The third-order valence-corrected chi connectivity index (χ3v) is 3.63. The number of hydrogen-bond acceptors (Lipinski definition) is 3. The fourth-order valence-corrected chi connectivity index (χ4v) is 2.21. The maximum absolute atomic E-state index is 9.56. The first kappa shape index (κ1) is 14.1. The highest BCUT2D eigenvalue weighted by atomic mass is 79.9. The molecule has 1 unspecified atom stereocenters. The minimum absolute atomic E-state index is 0.0190. The molecule has 2 aromatic rings. The summed E-state index contributed by atoms with van der Waals surface area (Å²) < 4.78 is 2.87. The standard InChI is InChI=1S/C14H18BrN3O/c1-10(2)18-8-11(7-16-18)14(9-19)17-13-6-4-3-5-12(13)15/h3-8,10,14,17,19H,9H2,1-2H3. The summed E-state index contributed by atoms with van der Waals surface area (Å²) >= 11 is 3.49. The Hall–Kier alpha value is -1.33. The fraction of sp³-hybridized carbons (Fsp3) is 0.357. The zero-order valence-corrected chi connectivity index (χ0v) is 12.6. The first-order valence-corrected chi connectivity index (χ1v) is 7.07. The van der Waals surface area contributed by atoms with Crippen molar-refractivity contribution in [3.05, 3.63) is 46.7 Å². The molecule has 0 aliphatic carbocycles. The molecule has 1 aromatic carbocycles. The number of anilines is 1. The second-order valence-corrected chi connectivity index (χ2v) is 5.56. The Bertz CT molecular complexity index is 539. The van der Waals surface area contributed by atoms with Crippen molar-refractivity contribution < 1.29 is 5.11 Å². The highest BCUT2D eigenvalue weighted by molar-refractivity contribution is 9.10. The molecule has 1 aromatic heterocycles. The number of hydrogen-bond donors (Lipinski definition) is 2. The van der Waals surface area contributed by atoms with Crippen molar-refractivity contribution in [3.8, 4) is 0 Å². The summed E-state index contributed by atoms with van der Waals surface area (Å²) in [5.74, 6) is 0. The highest BCUT2D eigenvalue weighted by Gasteiger charge is 2.14. The molecule has 0 saturated heterocycles. The van der Waals surface area contributed by atoms with Crippen LogP contribution in [0.5, 0.6) is 0 Å². The molecule has 5 heteroatoms. The Morgan fingerprint density at radius 2 is 2.11 bits per heavy atom. The Morgan fingerprint density at radius 1 is 1.37 bits per heavy atom. The van der Waals surface area contributed by atoms with Crippen LogP contribution in [-0.4, -0.2) is 21.5 Å². The molecule has 2 rings (SSSR count). The van der Waals surface area contributed by atoms with Crippen molar-refractivity contribution >= 4 is 21.6 Å². The zero-order valence-electron chi connectivity index (χ0n) is 11.0. The van der Waals surface area contributed by atoms with Crippen LogP contribution in [0, 0.1) is 0 Å². The molecule has 0 saturated carbocycles. The highest BCUT2D eigenvalue weighted by Crippen LogP contribution is 2.26. The van der Waals surface area contributed by atoms with E-state index in [0.717, 1.165) is 15.7 Å². The fourth-order valence-electron chi connectivity index (χ4n) is 1.82. The molecule has 0 bridgehead atoms. The Balaban J connectivity index is 2.18. The minimum Gasteiger partial charge on any atom is -0.394 e. The maximum atomic E-state index is 9.56. The summed E-state index contributed by atoms with van der Waals surface area (Å²) in [5.41, 5.74) is 1.94. The van der Waals surface area contributed by atoms with Gasteiger partial charge in [-0.05, 0) is 41.9 Å². The van der Waals surface area contributed by atoms with Crippen LogP contribution in [0.1, 0.15) is 31.5 Å². The van der Waals surface area contributed by atoms with Crippen LogP contribution in [0.4, 0.5) is 5.69 Å². The lowest BCUT2D eigenvalue weighted by Crippen LogP contribution is -2.14. The predicted octanol–water partition coefficient (Wildman–Crippen LogP) is 3.37. The molecule has 0 fully saturated rings. The lowest BCUT2D eigenvalue weighted by atomic mass is 10.1. The van der Waals surface area contributed by atoms with E-state index in [1.54, 1.807) is 6.20 Å². The number of halogens is 1. The summed E-state index contributed by atoms with van der Waals surface area (Å²) in [4.78, 5) is 0. The molecule has 0 spiro atoms. The van der Waals surface area contributed by atoms with E-state index in [9.17, 15) is 5.11 Å². The van der Waals surface area contributed by atoms with Crippen molar-refractivity contribution in [1.82, 2.24) is 9.78 Å². The van der Waals surface area contributed by atoms with Crippen molar-refractivity contribution in [3.63, 3.8) is 0 Å². The van der Waals surface area contributed by atoms with E-state index in [4.69, 9.17) is 0 Å². The average Bonchev–Trinajstić information content (AvgIpc) is 2.87. The van der Waals surface area contributed by atoms with E-state index >= 15 is 0 Å². The number of aliphatic hydroxyl groups is 1. The molecule has 102 valence electrons. The van der Waals surface area contributed by atoms with Crippen molar-refractivity contribution in [2.24, 2.45) is 0 Å². The molecule has 0 radical (unpaired) electrons. The van der Waals surface area contributed by atoms with Gasteiger partial charge < -0.3 is 10.4 Å². The molecule has 4 nitrogen and oxygen atoms in total. The van der Waals surface area contributed by atoms with Crippen molar-refractivity contribution in [1.29, 1.82) is 0 Å². The van der Waals surface area contributed by atoms with Gasteiger partial charge in [-0.1, -0.05) is 12.1 Å². The van der Waals surface area contributed by atoms with Crippen LogP contribution < -0.4 is 5.32 Å². The first-order chi connectivity index (χ1) is 9.11. The molecular formula is C14H18BrN3O. The smallest absolute Gasteiger partial charge is 0.0775 e. The van der Waals surface area contributed by atoms with Gasteiger partial charge in [-0.2, -0.15) is 5.10 Å². The number of nitrogens with zero attached hydrogens (tertiary/aromatic N) is 2. The number of aromatic nitrogens is 2. The van der Waals surface area contributed by atoms with E-state index in [-0.39, 0.29) is 12.6 Å². The van der Waals surface area contributed by atoms with Crippen LogP contribution in [0.25, 0.3) is 0 Å². The van der Waals surface area contributed by atoms with Gasteiger partial charge in [0.25, 0.3) is 0 Å². The summed E-state index contributed by atoms with van der Waals surface area (Å²) in [6.45, 7) is 4.17. The van der Waals surface area contributed by atoms with Gasteiger partial charge in [-0.25, -0.2) is 0 Å². The van der Waals surface area contributed by atoms with Gasteiger partial charge in [0, 0.05) is 28.0 Å². The SMILES string of the molecule is CC(C)n1cc(C(CO)Nc2ccccc2Br)cn1. The van der Waals surface area contributed by atoms with E-state index in [1.807, 2.05) is 35.1 Å². The number of nitrogens with one attached hydrogen (secondary N) is 1. The molecule has 0 aliphatic heterocycles. The summed E-state index contributed by atoms with van der Waals surface area (Å²) in [6, 6.07) is 8.01. The maximum Gasteiger partial charge on any atom is 0.0775 e. The number of para-hydroxylation sites is 1. The van der Waals surface area contributed by atoms with E-state index in [0.29, 0.717) is 6.04 Å². The predicted molar refractivity (Wildman–Crippen MR) is 80.2 cm³/mol. The van der Waals surface area contributed by atoms with Gasteiger partial charge in [0.15, 0.2) is 0 Å². The summed E-state index contributed by atoms with van der Waals surface area (Å²) in [7, 11) is 0. The molecule has 1 heterocycles. The number of rotatable bonds is 5. The first-order valence-electron chi connectivity index (χ1n) is 6.27. The molecule has 2 N–H and O–H groups in total. The quantitative estimate of drug-likeness (QED) is 0.886. The summed E-state index contributed by atoms with van der Waals surface area (Å²) in [5, 5.41) is 17.2. The van der Waals surface area contributed by atoms with E-state index < -0.39 is 0 Å². The van der Waals surface area contributed by atoms with Crippen molar-refractivity contribution in [2.75, 3.05) is 11.9 Å². The minimum atomic E-state index is -0.161. The Labute approximate surface area is 121 Å². The van der Waals surface area contributed by atoms with Crippen molar-refractivity contribution in [2.45, 2.75) is 25.9 Å². The average molecular weight is 324 g/mol. The van der Waals surface area contributed by atoms with Gasteiger partial charge in [0.2, 0.25) is 0 Å². The normalized spacial score (nSPS) is 12.7. The van der Waals surface area contributed by atoms with E-state index in [2.05, 4.69) is 40.2 Å². The zero-order chi connectivity index (χ0) is 13.8. The number of benzene rings is 1. The topological polar surface area (TPSA) is 50.1 Å². The Kier molecular flexibility index (Phi) is 4.61. The molecular weight excluding hydrogens is 306 g/mol. The van der Waals surface area contributed by atoms with E-state index in [1.165, 1.54) is 0 Å². The molecule has 0 amide bonds. The summed E-state index contributed by atoms with van der Waals surface area (Å²) in [6.07, 6.45) is 3.76.